The molecule has 3 heterocycles. The fourth-order valence-corrected chi connectivity index (χ4v) is 10.4. The fourth-order valence-electron chi connectivity index (χ4n) is 10.4. The minimum Gasteiger partial charge on any atom is -0.392 e. The predicted octanol–water partition coefficient (Wildman–Crippen LogP) is 0.972. The zero-order valence-corrected chi connectivity index (χ0v) is 14.1. The Morgan fingerprint density at radius 1 is 1.17 bits per heavy atom. The van der Waals surface area contributed by atoms with Gasteiger partial charge in [-0.25, -0.2) is 0 Å². The number of Topliss-reactive ketones (excluding diaryl/α,β-unsaturated/α-hetero) is 1. The van der Waals surface area contributed by atoms with Crippen molar-refractivity contribution >= 4 is 5.78 Å². The number of nitrogens with zero attached hydrogens (tertiary/aromatic N) is 1. The molecule has 3 aliphatic heterocycles. The van der Waals surface area contributed by atoms with Gasteiger partial charge in [0.2, 0.25) is 0 Å². The van der Waals surface area contributed by atoms with E-state index in [1.165, 1.54) is 0 Å². The van der Waals surface area contributed by atoms with Crippen molar-refractivity contribution in [1.82, 2.24) is 4.90 Å². The van der Waals surface area contributed by atoms with Crippen LogP contribution in [0, 0.1) is 39.9 Å². The Morgan fingerprint density at radius 2 is 1.96 bits per heavy atom. The van der Waals surface area contributed by atoms with E-state index in [1.54, 1.807) is 0 Å². The number of aliphatic hydroxyl groups is 2. The fraction of sp³-hybridized carbons (Fsp3) is 0.850. The maximum absolute atomic E-state index is 12.8. The summed E-state index contributed by atoms with van der Waals surface area (Å²) in [7, 11) is 0. The average molecular weight is 327 g/mol. The molecular formula is C20H25NO3. The van der Waals surface area contributed by atoms with Gasteiger partial charge in [0.1, 0.15) is 5.78 Å². The van der Waals surface area contributed by atoms with Gasteiger partial charge in [-0.1, -0.05) is 19.1 Å². The molecule has 128 valence electrons. The van der Waals surface area contributed by atoms with Crippen molar-refractivity contribution in [2.75, 3.05) is 6.54 Å². The molecule has 0 aromatic heterocycles. The van der Waals surface area contributed by atoms with Crippen LogP contribution in [-0.2, 0) is 4.79 Å². The molecule has 6 aliphatic carbocycles. The molecule has 9 bridgehead atoms. The molecule has 24 heavy (non-hydrogen) atoms. The standard InChI is InChI=1S/C20H25NO3/c1-8-3-19-6-10-15-18(2)4-9(22)5-20(15)16(19)14(24)11(8)13(23)12(19)17(20)21(10)7-18/h10-17,23-24H,1,3-7H2,2H3/t10-,11+,12+,13+,14-,15-,16+,17?,18+,19+,20+/m1/s1. The Kier molecular flexibility index (Phi) is 1.86. The number of fused-ring (bicyclic) bond motifs is 1. The highest BCUT2D eigenvalue weighted by Gasteiger charge is 2.90. The van der Waals surface area contributed by atoms with Gasteiger partial charge in [-0.3, -0.25) is 9.69 Å². The number of hydrogen-bond donors (Lipinski definition) is 2. The summed E-state index contributed by atoms with van der Waals surface area (Å²) < 4.78 is 0. The van der Waals surface area contributed by atoms with Crippen LogP contribution >= 0.6 is 0 Å². The number of rotatable bonds is 0. The lowest BCUT2D eigenvalue weighted by molar-refractivity contribution is -0.207. The molecular weight excluding hydrogens is 302 g/mol. The Balaban J connectivity index is 1.55. The zero-order valence-electron chi connectivity index (χ0n) is 14.1. The third-order valence-corrected chi connectivity index (χ3v) is 9.96. The molecule has 12 atom stereocenters. The van der Waals surface area contributed by atoms with Gasteiger partial charge in [0.15, 0.2) is 0 Å². The molecule has 6 saturated carbocycles. The van der Waals surface area contributed by atoms with Gasteiger partial charge in [0, 0.05) is 48.7 Å². The normalized spacial score (nSPS) is 73.0. The van der Waals surface area contributed by atoms with Crippen LogP contribution in [0.15, 0.2) is 12.2 Å². The Hall–Kier alpha value is -0.710. The lowest BCUT2D eigenvalue weighted by Crippen LogP contribution is -2.67. The van der Waals surface area contributed by atoms with Crippen molar-refractivity contribution in [1.29, 1.82) is 0 Å². The van der Waals surface area contributed by atoms with Gasteiger partial charge in [0.25, 0.3) is 0 Å². The van der Waals surface area contributed by atoms with Crippen molar-refractivity contribution < 1.29 is 15.0 Å². The molecule has 3 saturated heterocycles. The van der Waals surface area contributed by atoms with Crippen LogP contribution in [0.4, 0.5) is 0 Å². The van der Waals surface area contributed by atoms with Crippen molar-refractivity contribution in [3.63, 3.8) is 0 Å². The van der Waals surface area contributed by atoms with Gasteiger partial charge in [-0.15, -0.1) is 0 Å². The van der Waals surface area contributed by atoms with Crippen LogP contribution in [0.2, 0.25) is 0 Å². The number of carbonyl (C=O) groups is 1. The lowest BCUT2D eigenvalue weighted by atomic mass is 9.40. The predicted molar refractivity (Wildman–Crippen MR) is 85.8 cm³/mol. The number of ketones is 1. The molecule has 9 rings (SSSR count). The molecule has 4 heteroatoms. The van der Waals surface area contributed by atoms with Crippen LogP contribution in [0.25, 0.3) is 0 Å². The molecule has 2 spiro atoms. The van der Waals surface area contributed by atoms with Gasteiger partial charge >= 0.3 is 0 Å². The number of carbonyl (C=O) groups excluding carboxylic acids is 1. The summed E-state index contributed by atoms with van der Waals surface area (Å²) in [6.07, 6.45) is 2.48. The quantitative estimate of drug-likeness (QED) is 0.651. The second-order valence-corrected chi connectivity index (χ2v) is 10.6. The minimum atomic E-state index is -0.501. The number of piperidine rings is 2. The van der Waals surface area contributed by atoms with E-state index in [9.17, 15) is 15.0 Å². The van der Waals surface area contributed by atoms with E-state index in [0.29, 0.717) is 30.2 Å². The first-order valence-corrected chi connectivity index (χ1v) is 9.66. The van der Waals surface area contributed by atoms with E-state index >= 15 is 0 Å². The van der Waals surface area contributed by atoms with Crippen molar-refractivity contribution in [2.45, 2.75) is 56.9 Å². The molecule has 0 amide bonds. The molecule has 0 aromatic rings. The Labute approximate surface area is 141 Å². The SMILES string of the molecule is C=C1C[C@]23C[C@@H]4[C@@H]5[C@@]6(C)CC(=O)C[C@]57C([C@@H]2[C@@H](O)[C@H]1[C@@H](O)[C@@H]37)N4C6. The first-order valence-electron chi connectivity index (χ1n) is 9.66. The van der Waals surface area contributed by atoms with Gasteiger partial charge in [-0.05, 0) is 35.5 Å². The molecule has 0 radical (unpaired) electrons. The largest absolute Gasteiger partial charge is 0.392 e. The van der Waals surface area contributed by atoms with Gasteiger partial charge in [0.05, 0.1) is 12.2 Å². The Morgan fingerprint density at radius 3 is 2.75 bits per heavy atom. The van der Waals surface area contributed by atoms with Crippen molar-refractivity contribution in [3.05, 3.63) is 12.2 Å². The molecule has 0 aromatic carbocycles. The molecule has 9 fully saturated rings. The third-order valence-electron chi connectivity index (χ3n) is 9.96. The summed E-state index contributed by atoms with van der Waals surface area (Å²) in [6, 6.07) is 0.897. The van der Waals surface area contributed by atoms with E-state index < -0.39 is 12.2 Å². The van der Waals surface area contributed by atoms with Crippen LogP contribution < -0.4 is 0 Å². The summed E-state index contributed by atoms with van der Waals surface area (Å²) in [5, 5.41) is 22.5. The maximum Gasteiger partial charge on any atom is 0.134 e. The smallest absolute Gasteiger partial charge is 0.134 e. The van der Waals surface area contributed by atoms with E-state index in [4.69, 9.17) is 0 Å². The van der Waals surface area contributed by atoms with Gasteiger partial charge in [-0.2, -0.15) is 0 Å². The summed E-state index contributed by atoms with van der Waals surface area (Å²) in [6.45, 7) is 7.58. The van der Waals surface area contributed by atoms with Crippen LogP contribution in [-0.4, -0.2) is 51.7 Å². The molecule has 9 aliphatic rings. The van der Waals surface area contributed by atoms with E-state index in [2.05, 4.69) is 18.4 Å². The molecule has 4 nitrogen and oxygen atoms in total. The lowest BCUT2D eigenvalue weighted by Gasteiger charge is -2.65. The van der Waals surface area contributed by atoms with Crippen molar-refractivity contribution in [3.8, 4) is 0 Å². The number of hydrogen-bond acceptors (Lipinski definition) is 4. The Bertz CT molecular complexity index is 749. The second-order valence-electron chi connectivity index (χ2n) is 10.6. The first-order chi connectivity index (χ1) is 11.4. The first kappa shape index (κ1) is 13.5. The summed E-state index contributed by atoms with van der Waals surface area (Å²) >= 11 is 0. The van der Waals surface area contributed by atoms with E-state index in [-0.39, 0.29) is 34.0 Å². The zero-order chi connectivity index (χ0) is 16.4. The highest BCUT2D eigenvalue weighted by Crippen LogP contribution is 2.86. The van der Waals surface area contributed by atoms with Crippen molar-refractivity contribution in [2.24, 2.45) is 39.9 Å². The van der Waals surface area contributed by atoms with Crippen LogP contribution in [0.5, 0.6) is 0 Å². The highest BCUT2D eigenvalue weighted by molar-refractivity contribution is 5.82. The summed E-state index contributed by atoms with van der Waals surface area (Å²) in [4.78, 5) is 15.5. The summed E-state index contributed by atoms with van der Waals surface area (Å²) in [5.41, 5.74) is 1.10. The monoisotopic (exact) mass is 327 g/mol. The van der Waals surface area contributed by atoms with Crippen LogP contribution in [0.3, 0.4) is 0 Å². The molecule has 2 unspecified atom stereocenters. The topological polar surface area (TPSA) is 60.8 Å². The minimum absolute atomic E-state index is 0.00979. The van der Waals surface area contributed by atoms with E-state index in [1.807, 2.05) is 0 Å². The maximum atomic E-state index is 12.8. The second kappa shape index (κ2) is 3.30. The molecule has 2 N–H and O–H groups in total. The average Bonchev–Trinajstić information content (AvgIpc) is 2.88. The number of aliphatic hydroxyl groups excluding tert-OH is 2. The van der Waals surface area contributed by atoms with Gasteiger partial charge < -0.3 is 10.2 Å². The summed E-state index contributed by atoms with van der Waals surface area (Å²) in [5.74, 6) is 1.23. The third kappa shape index (κ3) is 0.945. The highest BCUT2D eigenvalue weighted by atomic mass is 16.3. The van der Waals surface area contributed by atoms with Crippen LogP contribution in [0.1, 0.15) is 32.6 Å². The van der Waals surface area contributed by atoms with E-state index in [0.717, 1.165) is 31.4 Å².